The molecule has 1 atom stereocenters. The second-order valence-corrected chi connectivity index (χ2v) is 5.98. The standard InChI is InChI=1S/C15H14BrClF2N2/c1-8-2-3-9(11(17)6-8)7-13(21-20)10-4-5-12(18)15(19)14(10)16/h2-6,13,21H,7,20H2,1H3. The molecule has 2 rings (SSSR count). The molecule has 0 fully saturated rings. The van der Waals surface area contributed by atoms with Gasteiger partial charge < -0.3 is 0 Å². The lowest BCUT2D eigenvalue weighted by atomic mass is 9.98. The normalized spacial score (nSPS) is 12.5. The monoisotopic (exact) mass is 374 g/mol. The van der Waals surface area contributed by atoms with Gasteiger partial charge in [0.15, 0.2) is 11.6 Å². The van der Waals surface area contributed by atoms with Crippen LogP contribution in [0.25, 0.3) is 0 Å². The summed E-state index contributed by atoms with van der Waals surface area (Å²) >= 11 is 9.27. The van der Waals surface area contributed by atoms with Crippen molar-refractivity contribution in [1.29, 1.82) is 0 Å². The molecule has 0 aliphatic rings. The number of aryl methyl sites for hydroxylation is 1. The maximum Gasteiger partial charge on any atom is 0.173 e. The van der Waals surface area contributed by atoms with Crippen LogP contribution in [0, 0.1) is 18.6 Å². The fraction of sp³-hybridized carbons (Fsp3) is 0.200. The predicted octanol–water partition coefficient (Wildman–Crippen LogP) is 4.44. The van der Waals surface area contributed by atoms with E-state index in [1.165, 1.54) is 6.07 Å². The molecule has 2 aromatic carbocycles. The van der Waals surface area contributed by atoms with E-state index in [0.29, 0.717) is 17.0 Å². The third-order valence-corrected chi connectivity index (χ3v) is 4.43. The maximum atomic E-state index is 13.6. The Hall–Kier alpha value is -1.01. The largest absolute Gasteiger partial charge is 0.271 e. The van der Waals surface area contributed by atoms with E-state index in [1.54, 1.807) is 0 Å². The minimum Gasteiger partial charge on any atom is -0.271 e. The maximum absolute atomic E-state index is 13.6. The molecular weight excluding hydrogens is 362 g/mol. The molecule has 0 spiro atoms. The van der Waals surface area contributed by atoms with Gasteiger partial charge in [-0.3, -0.25) is 11.3 Å². The van der Waals surface area contributed by atoms with Crippen LogP contribution in [0.5, 0.6) is 0 Å². The number of nitrogens with two attached hydrogens (primary N) is 1. The van der Waals surface area contributed by atoms with Gasteiger partial charge in [0.2, 0.25) is 0 Å². The molecule has 0 heterocycles. The van der Waals surface area contributed by atoms with Crippen molar-refractivity contribution < 1.29 is 8.78 Å². The molecule has 0 aliphatic carbocycles. The minimum atomic E-state index is -0.928. The Balaban J connectivity index is 2.34. The Morgan fingerprint density at radius 3 is 2.62 bits per heavy atom. The summed E-state index contributed by atoms with van der Waals surface area (Å²) < 4.78 is 26.9. The topological polar surface area (TPSA) is 38.0 Å². The fourth-order valence-electron chi connectivity index (χ4n) is 2.11. The number of benzene rings is 2. The van der Waals surface area contributed by atoms with E-state index in [4.69, 9.17) is 17.4 Å². The van der Waals surface area contributed by atoms with Crippen molar-refractivity contribution in [2.24, 2.45) is 5.84 Å². The molecule has 0 saturated carbocycles. The SMILES string of the molecule is Cc1ccc(CC(NN)c2ccc(F)c(F)c2Br)c(Cl)c1. The zero-order valence-electron chi connectivity index (χ0n) is 11.3. The zero-order valence-corrected chi connectivity index (χ0v) is 13.6. The first-order valence-corrected chi connectivity index (χ1v) is 7.45. The van der Waals surface area contributed by atoms with Gasteiger partial charge in [0.25, 0.3) is 0 Å². The summed E-state index contributed by atoms with van der Waals surface area (Å²) in [4.78, 5) is 0. The van der Waals surface area contributed by atoms with Crippen LogP contribution in [0.1, 0.15) is 22.7 Å². The first-order valence-electron chi connectivity index (χ1n) is 6.28. The molecule has 1 unspecified atom stereocenters. The minimum absolute atomic E-state index is 0.0636. The highest BCUT2D eigenvalue weighted by Gasteiger charge is 2.19. The molecule has 0 aromatic heterocycles. The molecule has 6 heteroatoms. The molecule has 21 heavy (non-hydrogen) atoms. The number of hydrogen-bond donors (Lipinski definition) is 2. The van der Waals surface area contributed by atoms with Crippen LogP contribution in [0.4, 0.5) is 8.78 Å². The van der Waals surface area contributed by atoms with E-state index in [0.717, 1.165) is 17.2 Å². The second-order valence-electron chi connectivity index (χ2n) is 4.78. The summed E-state index contributed by atoms with van der Waals surface area (Å²) in [7, 11) is 0. The number of halogens is 4. The lowest BCUT2D eigenvalue weighted by Crippen LogP contribution is -2.30. The highest BCUT2D eigenvalue weighted by atomic mass is 79.9. The molecule has 3 N–H and O–H groups in total. The van der Waals surface area contributed by atoms with Gasteiger partial charge in [0.05, 0.1) is 10.5 Å². The Bertz CT molecular complexity index is 664. The first-order chi connectivity index (χ1) is 9.93. The van der Waals surface area contributed by atoms with Gasteiger partial charge in [-0.15, -0.1) is 0 Å². The summed E-state index contributed by atoms with van der Waals surface area (Å²) in [6, 6.07) is 7.87. The van der Waals surface area contributed by atoms with Crippen LogP contribution in [0.3, 0.4) is 0 Å². The van der Waals surface area contributed by atoms with Crippen LogP contribution >= 0.6 is 27.5 Å². The molecule has 0 aliphatic heterocycles. The fourth-order valence-corrected chi connectivity index (χ4v) is 3.02. The summed E-state index contributed by atoms with van der Waals surface area (Å²) in [6.07, 6.45) is 0.458. The van der Waals surface area contributed by atoms with Crippen molar-refractivity contribution in [3.05, 3.63) is 68.2 Å². The third-order valence-electron chi connectivity index (χ3n) is 3.27. The van der Waals surface area contributed by atoms with Gasteiger partial charge in [0, 0.05) is 5.02 Å². The van der Waals surface area contributed by atoms with E-state index in [-0.39, 0.29) is 4.47 Å². The number of hydrazine groups is 1. The molecule has 2 aromatic rings. The van der Waals surface area contributed by atoms with Crippen LogP contribution < -0.4 is 11.3 Å². The van der Waals surface area contributed by atoms with Crippen molar-refractivity contribution in [1.82, 2.24) is 5.43 Å². The average Bonchev–Trinajstić information content (AvgIpc) is 2.45. The molecule has 0 radical (unpaired) electrons. The number of hydrogen-bond acceptors (Lipinski definition) is 2. The summed E-state index contributed by atoms with van der Waals surface area (Å²) in [5, 5.41) is 0.619. The van der Waals surface area contributed by atoms with Crippen molar-refractivity contribution in [2.75, 3.05) is 0 Å². The quantitative estimate of drug-likeness (QED) is 0.471. The second kappa shape index (κ2) is 6.83. The number of nitrogens with one attached hydrogen (secondary N) is 1. The summed E-state index contributed by atoms with van der Waals surface area (Å²) in [6.45, 7) is 1.94. The third kappa shape index (κ3) is 3.61. The van der Waals surface area contributed by atoms with Gasteiger partial charge in [-0.25, -0.2) is 8.78 Å². The van der Waals surface area contributed by atoms with E-state index in [9.17, 15) is 8.78 Å². The molecule has 112 valence electrons. The number of rotatable bonds is 4. The lowest BCUT2D eigenvalue weighted by Gasteiger charge is -2.19. The van der Waals surface area contributed by atoms with Crippen LogP contribution in [-0.2, 0) is 6.42 Å². The highest BCUT2D eigenvalue weighted by molar-refractivity contribution is 9.10. The zero-order chi connectivity index (χ0) is 15.6. The van der Waals surface area contributed by atoms with E-state index in [2.05, 4.69) is 21.4 Å². The molecule has 0 bridgehead atoms. The van der Waals surface area contributed by atoms with Crippen molar-refractivity contribution in [3.8, 4) is 0 Å². The average molecular weight is 376 g/mol. The molecule has 0 saturated heterocycles. The van der Waals surface area contributed by atoms with Gasteiger partial charge in [-0.2, -0.15) is 0 Å². The Morgan fingerprint density at radius 2 is 2.00 bits per heavy atom. The summed E-state index contributed by atoms with van der Waals surface area (Å²) in [5.41, 5.74) is 5.08. The summed E-state index contributed by atoms with van der Waals surface area (Å²) in [5.74, 6) is 3.72. The Labute approximate surface area is 135 Å². The van der Waals surface area contributed by atoms with Gasteiger partial charge in [0.1, 0.15) is 0 Å². The Kier molecular flexibility index (Phi) is 5.32. The van der Waals surface area contributed by atoms with Crippen molar-refractivity contribution >= 4 is 27.5 Å². The molecule has 2 nitrogen and oxygen atoms in total. The van der Waals surface area contributed by atoms with E-state index in [1.807, 2.05) is 25.1 Å². The Morgan fingerprint density at radius 1 is 1.29 bits per heavy atom. The predicted molar refractivity (Wildman–Crippen MR) is 84.0 cm³/mol. The van der Waals surface area contributed by atoms with Crippen LogP contribution in [0.2, 0.25) is 5.02 Å². The highest BCUT2D eigenvalue weighted by Crippen LogP contribution is 2.31. The van der Waals surface area contributed by atoms with Crippen molar-refractivity contribution in [3.63, 3.8) is 0 Å². The van der Waals surface area contributed by atoms with E-state index < -0.39 is 17.7 Å². The smallest absolute Gasteiger partial charge is 0.173 e. The molecular formula is C15H14BrClF2N2. The van der Waals surface area contributed by atoms with Crippen LogP contribution in [-0.4, -0.2) is 0 Å². The van der Waals surface area contributed by atoms with Gasteiger partial charge in [-0.05, 0) is 58.1 Å². The van der Waals surface area contributed by atoms with Gasteiger partial charge >= 0.3 is 0 Å². The van der Waals surface area contributed by atoms with E-state index >= 15 is 0 Å². The molecule has 0 amide bonds. The van der Waals surface area contributed by atoms with Crippen molar-refractivity contribution in [2.45, 2.75) is 19.4 Å². The van der Waals surface area contributed by atoms with Crippen LogP contribution in [0.15, 0.2) is 34.8 Å². The lowest BCUT2D eigenvalue weighted by molar-refractivity contribution is 0.491. The van der Waals surface area contributed by atoms with Gasteiger partial charge in [-0.1, -0.05) is 29.8 Å². The first kappa shape index (κ1) is 16.4.